The number of ether oxygens (including phenoxy) is 1. The predicted octanol–water partition coefficient (Wildman–Crippen LogP) is 2.73. The van der Waals surface area contributed by atoms with Crippen molar-refractivity contribution < 1.29 is 19.1 Å². The van der Waals surface area contributed by atoms with E-state index in [1.807, 2.05) is 45.0 Å². The van der Waals surface area contributed by atoms with Gasteiger partial charge in [0.25, 0.3) is 0 Å². The zero-order chi connectivity index (χ0) is 22.1. The maximum absolute atomic E-state index is 12.8. The third-order valence-corrected chi connectivity index (χ3v) is 5.32. The number of hydrogen-bond donors (Lipinski definition) is 3. The molecular weight excluding hydrogens is 406 g/mol. The summed E-state index contributed by atoms with van der Waals surface area (Å²) in [4.78, 5) is 36.3. The van der Waals surface area contributed by atoms with E-state index in [1.165, 1.54) is 11.3 Å². The van der Waals surface area contributed by atoms with Gasteiger partial charge in [-0.2, -0.15) is 0 Å². The van der Waals surface area contributed by atoms with Crippen molar-refractivity contribution >= 4 is 34.4 Å². The van der Waals surface area contributed by atoms with E-state index in [9.17, 15) is 14.4 Å². The van der Waals surface area contributed by atoms with Crippen molar-refractivity contribution in [3.05, 3.63) is 29.8 Å². The third-order valence-electron chi connectivity index (χ3n) is 4.43. The van der Waals surface area contributed by atoms with Crippen molar-refractivity contribution in [2.75, 3.05) is 18.5 Å². The lowest BCUT2D eigenvalue weighted by Crippen LogP contribution is -2.51. The number of aromatic nitrogens is 2. The van der Waals surface area contributed by atoms with Crippen LogP contribution >= 0.6 is 11.3 Å². The molecule has 1 aromatic carbocycles. The molecule has 0 saturated heterocycles. The second-order valence-electron chi connectivity index (χ2n) is 6.76. The first kappa shape index (κ1) is 23.3. The van der Waals surface area contributed by atoms with E-state index >= 15 is 0 Å². The third kappa shape index (κ3) is 6.80. The molecule has 10 heteroatoms. The Morgan fingerprint density at radius 2 is 1.83 bits per heavy atom. The molecule has 0 fully saturated rings. The number of amides is 3. The number of nitrogens with one attached hydrogen (secondary N) is 3. The fraction of sp³-hybridized carbons (Fsp3) is 0.450. The molecule has 2 rings (SSSR count). The Hall–Kier alpha value is -3.01. The van der Waals surface area contributed by atoms with Crippen molar-refractivity contribution in [2.24, 2.45) is 5.92 Å². The number of aryl methyl sites for hydroxylation is 1. The Labute approximate surface area is 179 Å². The van der Waals surface area contributed by atoms with Crippen molar-refractivity contribution in [3.8, 4) is 10.6 Å². The first-order chi connectivity index (χ1) is 14.3. The largest absolute Gasteiger partial charge is 0.465 e. The van der Waals surface area contributed by atoms with Crippen LogP contribution in [-0.2, 0) is 14.3 Å². The van der Waals surface area contributed by atoms with E-state index in [4.69, 9.17) is 4.74 Å². The number of anilines is 1. The highest BCUT2D eigenvalue weighted by molar-refractivity contribution is 7.18. The topological polar surface area (TPSA) is 122 Å². The number of esters is 1. The van der Waals surface area contributed by atoms with Crippen molar-refractivity contribution in [1.82, 2.24) is 20.8 Å². The van der Waals surface area contributed by atoms with Gasteiger partial charge in [-0.05, 0) is 19.8 Å². The van der Waals surface area contributed by atoms with Crippen molar-refractivity contribution in [1.29, 1.82) is 0 Å². The van der Waals surface area contributed by atoms with E-state index in [-0.39, 0.29) is 19.1 Å². The number of nitrogens with zero attached hydrogens (tertiary/aromatic N) is 2. The molecule has 3 amide bonds. The Bertz CT molecular complexity index is 868. The highest BCUT2D eigenvalue weighted by Gasteiger charge is 2.27. The standard InChI is InChI=1S/C20H27N5O4S/c1-5-13(4)16(22-19(28)21-11-15(26)29-6-2)17(27)23-20-25-24-18(30-20)14-9-7-12(3)8-10-14/h7-10,13,16H,5-6,11H2,1-4H3,(H2,21,22,28)(H,23,25,27). The van der Waals surface area contributed by atoms with Crippen molar-refractivity contribution in [2.45, 2.75) is 40.2 Å². The van der Waals surface area contributed by atoms with Crippen molar-refractivity contribution in [3.63, 3.8) is 0 Å². The second kappa shape index (κ2) is 11.2. The van der Waals surface area contributed by atoms with Crippen LogP contribution in [0.2, 0.25) is 0 Å². The molecule has 0 radical (unpaired) electrons. The van der Waals surface area contributed by atoms with Gasteiger partial charge in [0, 0.05) is 5.56 Å². The Morgan fingerprint density at radius 3 is 2.47 bits per heavy atom. The molecule has 1 aromatic heterocycles. The smallest absolute Gasteiger partial charge is 0.325 e. The molecule has 0 spiro atoms. The molecule has 0 bridgehead atoms. The minimum atomic E-state index is -0.802. The first-order valence-electron chi connectivity index (χ1n) is 9.75. The van der Waals surface area contributed by atoms with Gasteiger partial charge in [-0.15, -0.1) is 10.2 Å². The molecule has 0 aliphatic rings. The predicted molar refractivity (Wildman–Crippen MR) is 115 cm³/mol. The molecule has 0 saturated carbocycles. The van der Waals surface area contributed by atoms with Gasteiger partial charge in [-0.3, -0.25) is 14.9 Å². The summed E-state index contributed by atoms with van der Waals surface area (Å²) in [5.41, 5.74) is 2.05. The van der Waals surface area contributed by atoms with Crippen LogP contribution in [0, 0.1) is 12.8 Å². The lowest BCUT2D eigenvalue weighted by atomic mass is 9.98. The quantitative estimate of drug-likeness (QED) is 0.523. The van der Waals surface area contributed by atoms with Crippen LogP contribution in [0.1, 0.15) is 32.8 Å². The monoisotopic (exact) mass is 433 g/mol. The summed E-state index contributed by atoms with van der Waals surface area (Å²) in [6.07, 6.45) is 0.668. The number of hydrogen-bond acceptors (Lipinski definition) is 7. The fourth-order valence-corrected chi connectivity index (χ4v) is 3.28. The SMILES string of the molecule is CCOC(=O)CNC(=O)NC(C(=O)Nc1nnc(-c2ccc(C)cc2)s1)C(C)CC. The molecule has 2 aromatic rings. The highest BCUT2D eigenvalue weighted by atomic mass is 32.1. The summed E-state index contributed by atoms with van der Waals surface area (Å²) in [6.45, 7) is 7.41. The number of rotatable bonds is 9. The molecule has 2 atom stereocenters. The molecule has 3 N–H and O–H groups in total. The zero-order valence-corrected chi connectivity index (χ0v) is 18.3. The van der Waals surface area contributed by atoms with Gasteiger partial charge >= 0.3 is 12.0 Å². The summed E-state index contributed by atoms with van der Waals surface area (Å²) in [6, 6.07) is 6.42. The van der Waals surface area contributed by atoms with E-state index < -0.39 is 23.9 Å². The summed E-state index contributed by atoms with van der Waals surface area (Å²) in [5, 5.41) is 16.9. The minimum Gasteiger partial charge on any atom is -0.465 e. The molecule has 162 valence electrons. The minimum absolute atomic E-state index is 0.136. The maximum atomic E-state index is 12.8. The molecule has 2 unspecified atom stereocenters. The number of carbonyl (C=O) groups excluding carboxylic acids is 3. The normalized spacial score (nSPS) is 12.5. The summed E-state index contributed by atoms with van der Waals surface area (Å²) in [5.74, 6) is -1.08. The van der Waals surface area contributed by atoms with Gasteiger partial charge in [0.15, 0.2) is 0 Å². The van der Waals surface area contributed by atoms with Crippen LogP contribution in [-0.4, -0.2) is 47.3 Å². The molecule has 30 heavy (non-hydrogen) atoms. The highest BCUT2D eigenvalue weighted by Crippen LogP contribution is 2.26. The molecule has 9 nitrogen and oxygen atoms in total. The first-order valence-corrected chi connectivity index (χ1v) is 10.6. The average Bonchev–Trinajstić information content (AvgIpc) is 3.19. The Morgan fingerprint density at radius 1 is 1.13 bits per heavy atom. The fourth-order valence-electron chi connectivity index (χ4n) is 2.53. The van der Waals surface area contributed by atoms with Gasteiger partial charge in [0.1, 0.15) is 17.6 Å². The van der Waals surface area contributed by atoms with Crippen LogP contribution < -0.4 is 16.0 Å². The molecule has 0 aliphatic heterocycles. The Balaban J connectivity index is 2.00. The molecule has 0 aliphatic carbocycles. The van der Waals surface area contributed by atoms with Crippen LogP contribution in [0.15, 0.2) is 24.3 Å². The van der Waals surface area contributed by atoms with Gasteiger partial charge in [0.2, 0.25) is 11.0 Å². The number of urea groups is 1. The molecular formula is C20H27N5O4S. The van der Waals surface area contributed by atoms with Gasteiger partial charge in [-0.25, -0.2) is 4.79 Å². The summed E-state index contributed by atoms with van der Waals surface area (Å²) in [7, 11) is 0. The lowest BCUT2D eigenvalue weighted by Gasteiger charge is -2.23. The van der Waals surface area contributed by atoms with E-state index in [0.29, 0.717) is 16.6 Å². The second-order valence-corrected chi connectivity index (χ2v) is 7.74. The van der Waals surface area contributed by atoms with E-state index in [1.54, 1.807) is 6.92 Å². The van der Waals surface area contributed by atoms with E-state index in [0.717, 1.165) is 11.1 Å². The molecule has 1 heterocycles. The average molecular weight is 434 g/mol. The number of carbonyl (C=O) groups is 3. The summed E-state index contributed by atoms with van der Waals surface area (Å²) >= 11 is 1.25. The van der Waals surface area contributed by atoms with Crippen LogP contribution in [0.3, 0.4) is 0 Å². The van der Waals surface area contributed by atoms with Crippen LogP contribution in [0.5, 0.6) is 0 Å². The van der Waals surface area contributed by atoms with Gasteiger partial charge in [-0.1, -0.05) is 61.4 Å². The summed E-state index contributed by atoms with van der Waals surface area (Å²) < 4.78 is 4.76. The van der Waals surface area contributed by atoms with E-state index in [2.05, 4.69) is 26.1 Å². The van der Waals surface area contributed by atoms with Gasteiger partial charge in [0.05, 0.1) is 6.61 Å². The maximum Gasteiger partial charge on any atom is 0.325 e. The van der Waals surface area contributed by atoms with Crippen LogP contribution in [0.25, 0.3) is 10.6 Å². The van der Waals surface area contributed by atoms with Gasteiger partial charge < -0.3 is 15.4 Å². The Kier molecular flexibility index (Phi) is 8.72. The lowest BCUT2D eigenvalue weighted by molar-refractivity contribution is -0.141. The zero-order valence-electron chi connectivity index (χ0n) is 17.5. The van der Waals surface area contributed by atoms with Crippen LogP contribution in [0.4, 0.5) is 9.93 Å². The number of benzene rings is 1.